The van der Waals surface area contributed by atoms with Crippen LogP contribution in [0.3, 0.4) is 0 Å². The summed E-state index contributed by atoms with van der Waals surface area (Å²) in [5, 5.41) is 5.11. The van der Waals surface area contributed by atoms with Gasteiger partial charge in [0, 0.05) is 33.7 Å². The molecule has 0 spiro atoms. The minimum Gasteiger partial charge on any atom is -0.468 e. The maximum atomic E-state index is 13.8. The van der Waals surface area contributed by atoms with E-state index in [2.05, 4.69) is 5.32 Å². The number of dihydropyridines is 1. The van der Waals surface area contributed by atoms with Crippen molar-refractivity contribution in [3.63, 3.8) is 0 Å². The zero-order valence-corrected chi connectivity index (χ0v) is 18.6. The van der Waals surface area contributed by atoms with Gasteiger partial charge in [0.15, 0.2) is 5.78 Å². The number of allylic oxidation sites excluding steroid dienone is 3. The number of carbonyl (C=O) groups is 3. The molecule has 1 N–H and O–H groups in total. The lowest BCUT2D eigenvalue weighted by atomic mass is 9.68. The predicted octanol–water partition coefficient (Wildman–Crippen LogP) is 3.82. The minimum atomic E-state index is -1.04. The van der Waals surface area contributed by atoms with Crippen molar-refractivity contribution in [2.75, 3.05) is 14.2 Å². The highest BCUT2D eigenvalue weighted by Gasteiger charge is 2.49. The lowest BCUT2D eigenvalue weighted by Crippen LogP contribution is -2.43. The lowest BCUT2D eigenvalue weighted by molar-refractivity contribution is -0.149. The van der Waals surface area contributed by atoms with Gasteiger partial charge in [-0.25, -0.2) is 9.18 Å². The van der Waals surface area contributed by atoms with Gasteiger partial charge >= 0.3 is 11.9 Å². The lowest BCUT2D eigenvalue weighted by Gasteiger charge is -2.39. The molecule has 0 saturated heterocycles. The predicted molar refractivity (Wildman–Crippen MR) is 116 cm³/mol. The molecule has 0 unspecified atom stereocenters. The number of rotatable bonds is 4. The van der Waals surface area contributed by atoms with Crippen LogP contribution in [0.2, 0.25) is 0 Å². The molecular formula is C24H22FNO5S. The minimum absolute atomic E-state index is 0.254. The molecular weight excluding hydrogens is 433 g/mol. The highest BCUT2D eigenvalue weighted by atomic mass is 32.1. The van der Waals surface area contributed by atoms with E-state index in [-0.39, 0.29) is 11.5 Å². The van der Waals surface area contributed by atoms with Crippen LogP contribution in [0.25, 0.3) is 0 Å². The SMILES string of the molecule is COC(=O)C1=C(C)NC2=C(C(=O)[C@@H](C(=O)OC)[C@H](c3cccs3)C2)[C@@H]1c1ccc(F)cc1. The summed E-state index contributed by atoms with van der Waals surface area (Å²) in [4.78, 5) is 40.2. The third-order valence-electron chi connectivity index (χ3n) is 5.99. The Hall–Kier alpha value is -3.26. The van der Waals surface area contributed by atoms with E-state index in [0.29, 0.717) is 29.0 Å². The van der Waals surface area contributed by atoms with E-state index < -0.39 is 35.4 Å². The Balaban J connectivity index is 1.90. The summed E-state index contributed by atoms with van der Waals surface area (Å²) in [6, 6.07) is 9.41. The Kier molecular flexibility index (Phi) is 5.97. The van der Waals surface area contributed by atoms with Crippen molar-refractivity contribution >= 4 is 29.1 Å². The van der Waals surface area contributed by atoms with Crippen LogP contribution in [0.1, 0.15) is 35.6 Å². The van der Waals surface area contributed by atoms with E-state index in [1.807, 2.05) is 17.5 Å². The van der Waals surface area contributed by atoms with Gasteiger partial charge in [0.05, 0.1) is 19.8 Å². The van der Waals surface area contributed by atoms with Gasteiger partial charge in [-0.05, 0) is 42.5 Å². The van der Waals surface area contributed by atoms with Crippen molar-refractivity contribution in [1.29, 1.82) is 0 Å². The van der Waals surface area contributed by atoms with Crippen molar-refractivity contribution in [1.82, 2.24) is 5.32 Å². The summed E-state index contributed by atoms with van der Waals surface area (Å²) in [6.45, 7) is 1.74. The van der Waals surface area contributed by atoms with Crippen molar-refractivity contribution in [3.05, 3.63) is 80.6 Å². The third-order valence-corrected chi connectivity index (χ3v) is 7.00. The number of halogens is 1. The molecule has 1 aliphatic carbocycles. The number of nitrogens with one attached hydrogen (secondary N) is 1. The monoisotopic (exact) mass is 455 g/mol. The molecule has 6 nitrogen and oxygen atoms in total. The number of benzene rings is 1. The first-order chi connectivity index (χ1) is 15.4. The molecule has 2 aliphatic rings. The van der Waals surface area contributed by atoms with Crippen LogP contribution in [0.4, 0.5) is 4.39 Å². The first-order valence-corrected chi connectivity index (χ1v) is 10.9. The van der Waals surface area contributed by atoms with Gasteiger partial charge < -0.3 is 14.8 Å². The Morgan fingerprint density at radius 1 is 1.12 bits per heavy atom. The number of carbonyl (C=O) groups excluding carboxylic acids is 3. The van der Waals surface area contributed by atoms with E-state index in [1.54, 1.807) is 6.92 Å². The molecule has 32 heavy (non-hydrogen) atoms. The second-order valence-electron chi connectivity index (χ2n) is 7.72. The number of thiophene rings is 1. The van der Waals surface area contributed by atoms with Gasteiger partial charge in [0.25, 0.3) is 0 Å². The van der Waals surface area contributed by atoms with Crippen LogP contribution in [-0.4, -0.2) is 31.9 Å². The second kappa shape index (κ2) is 8.70. The maximum absolute atomic E-state index is 13.8. The molecule has 0 radical (unpaired) electrons. The van der Waals surface area contributed by atoms with E-state index in [9.17, 15) is 18.8 Å². The van der Waals surface area contributed by atoms with Crippen molar-refractivity contribution in [2.45, 2.75) is 25.2 Å². The smallest absolute Gasteiger partial charge is 0.336 e. The quantitative estimate of drug-likeness (QED) is 0.558. The topological polar surface area (TPSA) is 81.7 Å². The average Bonchev–Trinajstić information content (AvgIpc) is 3.32. The third kappa shape index (κ3) is 3.64. The van der Waals surface area contributed by atoms with E-state index >= 15 is 0 Å². The fourth-order valence-electron chi connectivity index (χ4n) is 4.57. The van der Waals surface area contributed by atoms with E-state index in [1.165, 1.54) is 49.8 Å². The standard InChI is InChI=1S/C24H22FNO5S/c1-12-18(23(28)30-2)19(13-6-8-14(25)9-7-13)21-16(26-12)11-15(17-5-4-10-32-17)20(22(21)27)24(29)31-3/h4-10,15,19-20,26H,11H2,1-3H3/t15-,19+,20-/m0/s1. The summed E-state index contributed by atoms with van der Waals surface area (Å²) in [6.07, 6.45) is 0.394. The molecule has 0 amide bonds. The number of esters is 2. The van der Waals surface area contributed by atoms with Crippen LogP contribution in [0, 0.1) is 11.7 Å². The molecule has 166 valence electrons. The summed E-state index contributed by atoms with van der Waals surface area (Å²) in [5.41, 5.74) is 2.33. The summed E-state index contributed by atoms with van der Waals surface area (Å²) in [5.74, 6) is -4.28. The Morgan fingerprint density at radius 2 is 1.84 bits per heavy atom. The molecule has 0 saturated carbocycles. The van der Waals surface area contributed by atoms with Gasteiger partial charge in [-0.1, -0.05) is 18.2 Å². The van der Waals surface area contributed by atoms with Crippen LogP contribution < -0.4 is 5.32 Å². The van der Waals surface area contributed by atoms with Gasteiger partial charge in [0.2, 0.25) is 0 Å². The summed E-state index contributed by atoms with van der Waals surface area (Å²) in [7, 11) is 2.52. The molecule has 3 atom stereocenters. The van der Waals surface area contributed by atoms with Crippen molar-refractivity contribution in [3.8, 4) is 0 Å². The molecule has 4 rings (SSSR count). The second-order valence-corrected chi connectivity index (χ2v) is 8.70. The Morgan fingerprint density at radius 3 is 2.44 bits per heavy atom. The number of hydrogen-bond donors (Lipinski definition) is 1. The molecule has 0 bridgehead atoms. The molecule has 8 heteroatoms. The van der Waals surface area contributed by atoms with Crippen LogP contribution in [0.5, 0.6) is 0 Å². The zero-order valence-electron chi connectivity index (χ0n) is 17.8. The van der Waals surface area contributed by atoms with Gasteiger partial charge in [-0.15, -0.1) is 11.3 Å². The number of hydrogen-bond acceptors (Lipinski definition) is 7. The molecule has 2 aromatic rings. The summed E-state index contributed by atoms with van der Waals surface area (Å²) >= 11 is 1.47. The normalized spacial score (nSPS) is 22.9. The van der Waals surface area contributed by atoms with Gasteiger partial charge in [-0.2, -0.15) is 0 Å². The summed E-state index contributed by atoms with van der Waals surface area (Å²) < 4.78 is 23.6. The number of Topliss-reactive ketones (excluding diaryl/α,β-unsaturated/α-hetero) is 1. The van der Waals surface area contributed by atoms with Crippen LogP contribution >= 0.6 is 11.3 Å². The Labute approximate surface area is 188 Å². The molecule has 0 fully saturated rings. The van der Waals surface area contributed by atoms with Gasteiger partial charge in [0.1, 0.15) is 11.7 Å². The molecule has 2 heterocycles. The Bertz CT molecular complexity index is 1130. The van der Waals surface area contributed by atoms with Crippen LogP contribution in [-0.2, 0) is 23.9 Å². The fourth-order valence-corrected chi connectivity index (χ4v) is 5.44. The molecule has 1 aliphatic heterocycles. The first-order valence-electron chi connectivity index (χ1n) is 10.1. The van der Waals surface area contributed by atoms with Crippen molar-refractivity contribution in [2.24, 2.45) is 5.92 Å². The number of ketones is 1. The van der Waals surface area contributed by atoms with E-state index in [4.69, 9.17) is 9.47 Å². The molecule has 1 aromatic carbocycles. The van der Waals surface area contributed by atoms with Crippen LogP contribution in [0.15, 0.2) is 64.3 Å². The maximum Gasteiger partial charge on any atom is 0.336 e. The fraction of sp³-hybridized carbons (Fsp3) is 0.292. The highest BCUT2D eigenvalue weighted by Crippen LogP contribution is 2.48. The number of methoxy groups -OCH3 is 2. The average molecular weight is 456 g/mol. The highest BCUT2D eigenvalue weighted by molar-refractivity contribution is 7.10. The number of ether oxygens (including phenoxy) is 2. The largest absolute Gasteiger partial charge is 0.468 e. The molecule has 1 aromatic heterocycles. The van der Waals surface area contributed by atoms with Gasteiger partial charge in [-0.3, -0.25) is 9.59 Å². The zero-order chi connectivity index (χ0) is 23.0. The van der Waals surface area contributed by atoms with Crippen molar-refractivity contribution < 1.29 is 28.2 Å². The van der Waals surface area contributed by atoms with E-state index in [0.717, 1.165) is 4.88 Å². The first kappa shape index (κ1) is 22.0.